The lowest BCUT2D eigenvalue weighted by molar-refractivity contribution is 0.0945. The first-order valence-corrected chi connectivity index (χ1v) is 6.50. The summed E-state index contributed by atoms with van der Waals surface area (Å²) in [5, 5.41) is 3.76. The third-order valence-electron chi connectivity index (χ3n) is 2.75. The SMILES string of the molecule is COCCCNC(=O)c1cc2cc(Cl)ccc2oc1=O. The number of carbonyl (C=O) groups is 1. The van der Waals surface area contributed by atoms with Crippen molar-refractivity contribution < 1.29 is 13.9 Å². The fourth-order valence-electron chi connectivity index (χ4n) is 1.77. The normalized spacial score (nSPS) is 10.7. The van der Waals surface area contributed by atoms with E-state index in [0.717, 1.165) is 0 Å². The summed E-state index contributed by atoms with van der Waals surface area (Å²) in [4.78, 5) is 23.7. The molecule has 0 atom stereocenters. The van der Waals surface area contributed by atoms with Gasteiger partial charge in [-0.3, -0.25) is 4.79 Å². The van der Waals surface area contributed by atoms with Crippen molar-refractivity contribution in [2.45, 2.75) is 6.42 Å². The van der Waals surface area contributed by atoms with Crippen molar-refractivity contribution in [1.82, 2.24) is 5.32 Å². The molecule has 0 aliphatic rings. The molecular weight excluding hydrogens is 282 g/mol. The van der Waals surface area contributed by atoms with E-state index in [2.05, 4.69) is 5.32 Å². The summed E-state index contributed by atoms with van der Waals surface area (Å²) in [5.41, 5.74) is -0.295. The first kappa shape index (κ1) is 14.6. The van der Waals surface area contributed by atoms with Gasteiger partial charge in [0.25, 0.3) is 5.91 Å². The summed E-state index contributed by atoms with van der Waals surface area (Å²) in [6.07, 6.45) is 0.674. The highest BCUT2D eigenvalue weighted by atomic mass is 35.5. The average molecular weight is 296 g/mol. The van der Waals surface area contributed by atoms with Gasteiger partial charge in [0.2, 0.25) is 0 Å². The molecule has 1 heterocycles. The molecule has 1 aromatic heterocycles. The van der Waals surface area contributed by atoms with Crippen LogP contribution in [-0.4, -0.2) is 26.2 Å². The predicted octanol–water partition coefficient (Wildman–Crippen LogP) is 2.21. The number of halogens is 1. The third-order valence-corrected chi connectivity index (χ3v) is 2.98. The topological polar surface area (TPSA) is 68.5 Å². The van der Waals surface area contributed by atoms with Crippen LogP contribution in [0.4, 0.5) is 0 Å². The van der Waals surface area contributed by atoms with Crippen molar-refractivity contribution in [2.24, 2.45) is 0 Å². The van der Waals surface area contributed by atoms with Gasteiger partial charge in [-0.15, -0.1) is 0 Å². The number of rotatable bonds is 5. The van der Waals surface area contributed by atoms with Gasteiger partial charge in [-0.2, -0.15) is 0 Å². The Morgan fingerprint density at radius 3 is 2.95 bits per heavy atom. The summed E-state index contributed by atoms with van der Waals surface area (Å²) >= 11 is 5.87. The number of hydrogen-bond donors (Lipinski definition) is 1. The molecule has 6 heteroatoms. The van der Waals surface area contributed by atoms with E-state index in [1.165, 1.54) is 6.07 Å². The molecular formula is C14H14ClNO4. The molecule has 1 aromatic carbocycles. The fourth-order valence-corrected chi connectivity index (χ4v) is 1.95. The quantitative estimate of drug-likeness (QED) is 0.678. The van der Waals surface area contributed by atoms with Gasteiger partial charge in [0.15, 0.2) is 0 Å². The second-order valence-corrected chi connectivity index (χ2v) is 4.67. The first-order valence-electron chi connectivity index (χ1n) is 6.12. The minimum absolute atomic E-state index is 0.0304. The van der Waals surface area contributed by atoms with E-state index in [1.807, 2.05) is 0 Å². The zero-order valence-electron chi connectivity index (χ0n) is 10.9. The Morgan fingerprint density at radius 2 is 2.20 bits per heavy atom. The highest BCUT2D eigenvalue weighted by molar-refractivity contribution is 6.31. The van der Waals surface area contributed by atoms with Gasteiger partial charge < -0.3 is 14.5 Å². The maximum atomic E-state index is 11.9. The van der Waals surface area contributed by atoms with Crippen LogP contribution in [-0.2, 0) is 4.74 Å². The molecule has 2 rings (SSSR count). The number of nitrogens with one attached hydrogen (secondary N) is 1. The van der Waals surface area contributed by atoms with Crippen LogP contribution in [0.5, 0.6) is 0 Å². The molecule has 0 bridgehead atoms. The Kier molecular flexibility index (Phi) is 4.76. The van der Waals surface area contributed by atoms with Crippen molar-refractivity contribution in [3.05, 3.63) is 45.3 Å². The maximum absolute atomic E-state index is 11.9. The van der Waals surface area contributed by atoms with Crippen LogP contribution in [0.1, 0.15) is 16.8 Å². The van der Waals surface area contributed by atoms with Crippen molar-refractivity contribution in [3.63, 3.8) is 0 Å². The molecule has 2 aromatic rings. The van der Waals surface area contributed by atoms with E-state index in [4.69, 9.17) is 20.8 Å². The van der Waals surface area contributed by atoms with Gasteiger partial charge >= 0.3 is 5.63 Å². The summed E-state index contributed by atoms with van der Waals surface area (Å²) in [7, 11) is 1.59. The molecule has 0 saturated heterocycles. The second-order valence-electron chi connectivity index (χ2n) is 4.23. The molecule has 5 nitrogen and oxygen atoms in total. The molecule has 0 fully saturated rings. The predicted molar refractivity (Wildman–Crippen MR) is 76.3 cm³/mol. The highest BCUT2D eigenvalue weighted by Gasteiger charge is 2.13. The van der Waals surface area contributed by atoms with Crippen molar-refractivity contribution in [2.75, 3.05) is 20.3 Å². The fraction of sp³-hybridized carbons (Fsp3) is 0.286. The first-order chi connectivity index (χ1) is 9.61. The number of ether oxygens (including phenoxy) is 1. The zero-order chi connectivity index (χ0) is 14.5. The Hall–Kier alpha value is -1.85. The van der Waals surface area contributed by atoms with Gasteiger partial charge in [0.1, 0.15) is 11.1 Å². The van der Waals surface area contributed by atoms with E-state index in [0.29, 0.717) is 35.6 Å². The van der Waals surface area contributed by atoms with Gasteiger partial charge in [-0.05, 0) is 30.7 Å². The van der Waals surface area contributed by atoms with E-state index in [9.17, 15) is 9.59 Å². The summed E-state index contributed by atoms with van der Waals surface area (Å²) < 4.78 is 9.97. The van der Waals surface area contributed by atoms with Crippen LogP contribution in [0.2, 0.25) is 5.02 Å². The third kappa shape index (κ3) is 3.37. The van der Waals surface area contributed by atoms with Crippen molar-refractivity contribution in [1.29, 1.82) is 0 Å². The summed E-state index contributed by atoms with van der Waals surface area (Å²) in [6.45, 7) is 0.974. The number of benzene rings is 1. The smallest absolute Gasteiger partial charge is 0.349 e. The molecule has 0 saturated carbocycles. The molecule has 1 N–H and O–H groups in total. The number of carbonyl (C=O) groups excluding carboxylic acids is 1. The minimum atomic E-state index is -0.663. The lowest BCUT2D eigenvalue weighted by atomic mass is 10.2. The monoisotopic (exact) mass is 295 g/mol. The number of methoxy groups -OCH3 is 1. The Labute approximate surface area is 120 Å². The minimum Gasteiger partial charge on any atom is -0.422 e. The van der Waals surface area contributed by atoms with E-state index >= 15 is 0 Å². The highest BCUT2D eigenvalue weighted by Crippen LogP contribution is 2.18. The number of fused-ring (bicyclic) bond motifs is 1. The average Bonchev–Trinajstić information content (AvgIpc) is 2.43. The van der Waals surface area contributed by atoms with Crippen LogP contribution in [0, 0.1) is 0 Å². The van der Waals surface area contributed by atoms with Crippen LogP contribution >= 0.6 is 11.6 Å². The molecule has 0 aliphatic heterocycles. The zero-order valence-corrected chi connectivity index (χ0v) is 11.7. The van der Waals surface area contributed by atoms with Gasteiger partial charge in [0.05, 0.1) is 0 Å². The van der Waals surface area contributed by atoms with Gasteiger partial charge in [-0.1, -0.05) is 11.6 Å². The van der Waals surface area contributed by atoms with Crippen LogP contribution < -0.4 is 10.9 Å². The van der Waals surface area contributed by atoms with Crippen LogP contribution in [0.25, 0.3) is 11.0 Å². The Bertz CT molecular complexity index is 680. The lowest BCUT2D eigenvalue weighted by Gasteiger charge is -2.05. The molecule has 0 aliphatic carbocycles. The number of amides is 1. The molecule has 1 amide bonds. The Balaban J connectivity index is 2.22. The molecule has 0 spiro atoms. The van der Waals surface area contributed by atoms with E-state index < -0.39 is 11.5 Å². The second kappa shape index (κ2) is 6.54. The van der Waals surface area contributed by atoms with Gasteiger partial charge in [0, 0.05) is 30.7 Å². The van der Waals surface area contributed by atoms with Crippen LogP contribution in [0.15, 0.2) is 33.5 Å². The Morgan fingerprint density at radius 1 is 1.40 bits per heavy atom. The largest absolute Gasteiger partial charge is 0.422 e. The van der Waals surface area contributed by atoms with Crippen LogP contribution in [0.3, 0.4) is 0 Å². The number of hydrogen-bond acceptors (Lipinski definition) is 4. The molecule has 20 heavy (non-hydrogen) atoms. The molecule has 0 unspecified atom stereocenters. The maximum Gasteiger partial charge on any atom is 0.349 e. The van der Waals surface area contributed by atoms with Crippen molar-refractivity contribution >= 4 is 28.5 Å². The van der Waals surface area contributed by atoms with Crippen molar-refractivity contribution in [3.8, 4) is 0 Å². The standard InChI is InChI=1S/C14H14ClNO4/c1-19-6-2-5-16-13(17)11-8-9-7-10(15)3-4-12(9)20-14(11)18/h3-4,7-8H,2,5-6H2,1H3,(H,16,17). The molecule has 0 radical (unpaired) electrons. The summed E-state index contributed by atoms with van der Waals surface area (Å²) in [6, 6.07) is 6.34. The van der Waals surface area contributed by atoms with Gasteiger partial charge in [-0.25, -0.2) is 4.79 Å². The van der Waals surface area contributed by atoms with E-state index in [-0.39, 0.29) is 5.56 Å². The summed E-state index contributed by atoms with van der Waals surface area (Å²) in [5.74, 6) is -0.461. The molecule has 106 valence electrons. The lowest BCUT2D eigenvalue weighted by Crippen LogP contribution is -2.29. The van der Waals surface area contributed by atoms with E-state index in [1.54, 1.807) is 25.3 Å².